The molecule has 11 heteroatoms. The predicted octanol–water partition coefficient (Wildman–Crippen LogP) is 7.70. The maximum absolute atomic E-state index is 15.7. The summed E-state index contributed by atoms with van der Waals surface area (Å²) in [5.74, 6) is -1.23. The maximum Gasteiger partial charge on any atom is 0.306 e. The first-order valence-corrected chi connectivity index (χ1v) is 16.3. The van der Waals surface area contributed by atoms with Gasteiger partial charge in [0, 0.05) is 58.8 Å². The van der Waals surface area contributed by atoms with Crippen LogP contribution in [0.3, 0.4) is 0 Å². The maximum atomic E-state index is 15.7. The molecule has 0 aliphatic carbocycles. The Labute approximate surface area is 277 Å². The van der Waals surface area contributed by atoms with Gasteiger partial charge in [-0.25, -0.2) is 9.07 Å². The quantitative estimate of drug-likeness (QED) is 0.201. The minimum absolute atomic E-state index is 0.0749. The lowest BCUT2D eigenvalue weighted by Gasteiger charge is -2.23. The molecule has 1 unspecified atom stereocenters. The number of nitrogens with one attached hydrogen (secondary N) is 1. The van der Waals surface area contributed by atoms with Gasteiger partial charge in [0.2, 0.25) is 0 Å². The molecule has 5 heterocycles. The number of halogens is 1. The fraction of sp³-hybridized carbons (Fsp3) is 0.324. The van der Waals surface area contributed by atoms with Crippen LogP contribution in [0, 0.1) is 11.7 Å². The van der Waals surface area contributed by atoms with Crippen LogP contribution in [-0.4, -0.2) is 45.8 Å². The van der Waals surface area contributed by atoms with Crippen LogP contribution in [0.4, 0.5) is 4.39 Å². The Kier molecular flexibility index (Phi) is 8.28. The number of rotatable bonds is 4. The highest BCUT2D eigenvalue weighted by molar-refractivity contribution is 5.85. The van der Waals surface area contributed by atoms with Crippen LogP contribution in [0.25, 0.3) is 22.3 Å². The normalized spacial score (nSPS) is 17.0. The molecule has 7 rings (SSSR count). The first kappa shape index (κ1) is 31.3. The van der Waals surface area contributed by atoms with Gasteiger partial charge in [-0.15, -0.1) is 5.10 Å². The summed E-state index contributed by atoms with van der Waals surface area (Å²) in [6.07, 6.45) is 11.4. The van der Waals surface area contributed by atoms with Crippen molar-refractivity contribution in [2.24, 2.45) is 5.92 Å². The summed E-state index contributed by atoms with van der Waals surface area (Å²) < 4.78 is 25.7. The lowest BCUT2D eigenvalue weighted by atomic mass is 9.83. The number of carboxylic acid groups (broad SMARTS) is 1. The standard InChI is InChI=1S/C37H38FN7O3/c1-23(36(46)47)17-24-7-6-8-25(18-24)33-9-4-5-13-37(2,3)34-22-44(43-41-34)21-28-27-11-15-39-31(27)20-29(38)35(28)48-26-10-14-40-32(19-26)30-12-16-45(33)42-30/h6-8,10-12,14-16,18-20,22-23,33,39H,4-5,9,13,17,21H2,1-3H3,(H,46,47)/t23-,33?/m0/s1. The Morgan fingerprint density at radius 1 is 1.15 bits per heavy atom. The molecule has 2 atom stereocenters. The molecule has 10 nitrogen and oxygen atoms in total. The van der Waals surface area contributed by atoms with Crippen molar-refractivity contribution in [2.75, 3.05) is 0 Å². The number of hydrogen-bond acceptors (Lipinski definition) is 6. The van der Waals surface area contributed by atoms with Crippen molar-refractivity contribution in [2.45, 2.75) is 70.9 Å². The first-order valence-electron chi connectivity index (χ1n) is 16.3. The zero-order valence-corrected chi connectivity index (χ0v) is 27.2. The molecule has 48 heavy (non-hydrogen) atoms. The van der Waals surface area contributed by atoms with Crippen LogP contribution in [0.15, 0.2) is 79.4 Å². The van der Waals surface area contributed by atoms with Gasteiger partial charge in [-0.2, -0.15) is 5.10 Å². The van der Waals surface area contributed by atoms with E-state index in [2.05, 4.69) is 46.3 Å². The summed E-state index contributed by atoms with van der Waals surface area (Å²) in [7, 11) is 0. The van der Waals surface area contributed by atoms with Crippen LogP contribution >= 0.6 is 0 Å². The van der Waals surface area contributed by atoms with Crippen molar-refractivity contribution in [3.05, 3.63) is 108 Å². The minimum Gasteiger partial charge on any atom is -0.481 e. The van der Waals surface area contributed by atoms with E-state index in [1.54, 1.807) is 36.1 Å². The van der Waals surface area contributed by atoms with Gasteiger partial charge in [-0.3, -0.25) is 14.5 Å². The van der Waals surface area contributed by atoms with Gasteiger partial charge in [0.05, 0.1) is 29.9 Å². The second-order valence-corrected chi connectivity index (χ2v) is 13.4. The number of carboxylic acids is 1. The molecular formula is C37H38FN7O3. The summed E-state index contributed by atoms with van der Waals surface area (Å²) >= 11 is 0. The smallest absolute Gasteiger partial charge is 0.306 e. The van der Waals surface area contributed by atoms with E-state index in [-0.39, 0.29) is 23.8 Å². The van der Waals surface area contributed by atoms with Crippen molar-refractivity contribution in [1.29, 1.82) is 0 Å². The highest BCUT2D eigenvalue weighted by atomic mass is 19.1. The highest BCUT2D eigenvalue weighted by Gasteiger charge is 2.26. The molecule has 0 fully saturated rings. The highest BCUT2D eigenvalue weighted by Crippen LogP contribution is 2.37. The molecule has 1 aliphatic heterocycles. The SMILES string of the molecule is C[C@@H](Cc1cccc(C2CCCCC(C)(C)c3cn(nn3)Cc3c(c(F)cc4[nH]ccc34)Oc3ccnc(c3)-c3ccn2n3)c1)C(=O)O. The Morgan fingerprint density at radius 2 is 2.02 bits per heavy atom. The Morgan fingerprint density at radius 3 is 2.88 bits per heavy atom. The van der Waals surface area contributed by atoms with Crippen LogP contribution in [0.1, 0.15) is 74.9 Å². The van der Waals surface area contributed by atoms with Crippen molar-refractivity contribution < 1.29 is 19.0 Å². The molecule has 6 bridgehead atoms. The monoisotopic (exact) mass is 647 g/mol. The second-order valence-electron chi connectivity index (χ2n) is 13.4. The summed E-state index contributed by atoms with van der Waals surface area (Å²) in [6.45, 7) is 6.36. The largest absolute Gasteiger partial charge is 0.481 e. The fourth-order valence-corrected chi connectivity index (χ4v) is 6.57. The first-order chi connectivity index (χ1) is 23.1. The van der Waals surface area contributed by atoms with Crippen molar-refractivity contribution in [3.8, 4) is 22.9 Å². The van der Waals surface area contributed by atoms with Gasteiger partial charge >= 0.3 is 5.97 Å². The molecule has 6 aromatic rings. The summed E-state index contributed by atoms with van der Waals surface area (Å²) in [5, 5.41) is 24.3. The molecule has 4 aromatic heterocycles. The number of aliphatic carboxylic acids is 1. The van der Waals surface area contributed by atoms with Gasteiger partial charge < -0.3 is 14.8 Å². The third-order valence-electron chi connectivity index (χ3n) is 9.39. The predicted molar refractivity (Wildman–Crippen MR) is 179 cm³/mol. The zero-order valence-electron chi connectivity index (χ0n) is 27.2. The lowest BCUT2D eigenvalue weighted by molar-refractivity contribution is -0.141. The van der Waals surface area contributed by atoms with Crippen LogP contribution in [0.2, 0.25) is 0 Å². The van der Waals surface area contributed by atoms with Crippen LogP contribution < -0.4 is 4.74 Å². The number of carbonyl (C=O) groups is 1. The van der Waals surface area contributed by atoms with E-state index in [1.807, 2.05) is 41.3 Å². The molecule has 0 saturated heterocycles. The third-order valence-corrected chi connectivity index (χ3v) is 9.39. The van der Waals surface area contributed by atoms with Crippen LogP contribution in [0.5, 0.6) is 11.5 Å². The average molecular weight is 648 g/mol. The molecule has 0 saturated carbocycles. The number of pyridine rings is 1. The molecule has 1 aliphatic rings. The van der Waals surface area contributed by atoms with E-state index in [0.29, 0.717) is 34.6 Å². The Hall–Kier alpha value is -5.32. The number of H-pyrrole nitrogens is 1. The topological polar surface area (TPSA) is 124 Å². The number of ether oxygens (including phenoxy) is 1. The second kappa shape index (κ2) is 12.7. The number of fused-ring (bicyclic) bond motifs is 10. The minimum atomic E-state index is -0.811. The summed E-state index contributed by atoms with van der Waals surface area (Å²) in [6, 6.07) is 16.8. The fourth-order valence-electron chi connectivity index (χ4n) is 6.57. The Bertz CT molecular complexity index is 2100. The summed E-state index contributed by atoms with van der Waals surface area (Å²) in [4.78, 5) is 19.3. The Balaban J connectivity index is 1.30. The molecule has 0 spiro atoms. The van der Waals surface area contributed by atoms with Crippen molar-refractivity contribution in [3.63, 3.8) is 0 Å². The molecule has 2 N–H and O–H groups in total. The van der Waals surface area contributed by atoms with Crippen molar-refractivity contribution in [1.82, 2.24) is 34.7 Å². The molecule has 0 amide bonds. The van der Waals surface area contributed by atoms with E-state index < -0.39 is 17.7 Å². The average Bonchev–Trinajstić information content (AvgIpc) is 3.84. The summed E-state index contributed by atoms with van der Waals surface area (Å²) in [5.41, 5.74) is 5.27. The van der Waals surface area contributed by atoms with Gasteiger partial charge in [0.25, 0.3) is 0 Å². The van der Waals surface area contributed by atoms with E-state index in [1.165, 1.54) is 6.07 Å². The van der Waals surface area contributed by atoms with Gasteiger partial charge in [-0.05, 0) is 48.6 Å². The van der Waals surface area contributed by atoms with E-state index in [9.17, 15) is 9.90 Å². The molecule has 246 valence electrons. The van der Waals surface area contributed by atoms with Gasteiger partial charge in [0.1, 0.15) is 11.4 Å². The van der Waals surface area contributed by atoms with Gasteiger partial charge in [-0.1, -0.05) is 63.1 Å². The third kappa shape index (κ3) is 6.32. The van der Waals surface area contributed by atoms with E-state index >= 15 is 4.39 Å². The zero-order chi connectivity index (χ0) is 33.4. The number of aromatic nitrogens is 7. The van der Waals surface area contributed by atoms with Crippen molar-refractivity contribution >= 4 is 16.9 Å². The number of benzene rings is 2. The number of aromatic amines is 1. The van der Waals surface area contributed by atoms with Gasteiger partial charge in [0.15, 0.2) is 11.6 Å². The molecule has 0 radical (unpaired) electrons. The van der Waals surface area contributed by atoms with E-state index in [0.717, 1.165) is 47.9 Å². The lowest BCUT2D eigenvalue weighted by Crippen LogP contribution is -2.18. The van der Waals surface area contributed by atoms with E-state index in [4.69, 9.17) is 9.84 Å². The van der Waals surface area contributed by atoms with Crippen LogP contribution in [-0.2, 0) is 23.2 Å². The molecular weight excluding hydrogens is 609 g/mol. The molecule has 2 aromatic carbocycles. The number of nitrogens with zero attached hydrogens (tertiary/aromatic N) is 6. The number of hydrogen-bond donors (Lipinski definition) is 2.